The van der Waals surface area contributed by atoms with Crippen molar-refractivity contribution >= 4 is 5.91 Å². The Morgan fingerprint density at radius 1 is 1.25 bits per heavy atom. The van der Waals surface area contributed by atoms with Crippen LogP contribution in [-0.4, -0.2) is 36.5 Å². The smallest absolute Gasteiger partial charge is 0.251 e. The van der Waals surface area contributed by atoms with Crippen molar-refractivity contribution < 1.29 is 9.18 Å². The number of amides is 1. The number of halogens is 1. The van der Waals surface area contributed by atoms with Crippen molar-refractivity contribution in [1.82, 2.24) is 10.2 Å². The van der Waals surface area contributed by atoms with Gasteiger partial charge in [-0.3, -0.25) is 4.79 Å². The van der Waals surface area contributed by atoms with Crippen LogP contribution in [0.3, 0.4) is 0 Å². The van der Waals surface area contributed by atoms with Gasteiger partial charge in [-0.1, -0.05) is 0 Å². The molecule has 1 aromatic carbocycles. The standard InChI is InChI=1S/C16H23FN2O/c1-11-10-14(17)12(2)9-13(11)15(20)18-16(3)5-7-19(4)8-6-16/h9-10H,5-8H2,1-4H3,(H,18,20). The first-order chi connectivity index (χ1) is 9.31. The van der Waals surface area contributed by atoms with E-state index in [1.54, 1.807) is 19.9 Å². The van der Waals surface area contributed by atoms with Crippen molar-refractivity contribution in [2.24, 2.45) is 0 Å². The van der Waals surface area contributed by atoms with Crippen molar-refractivity contribution in [1.29, 1.82) is 0 Å². The predicted molar refractivity (Wildman–Crippen MR) is 78.5 cm³/mol. The molecule has 3 nitrogen and oxygen atoms in total. The fraction of sp³-hybridized carbons (Fsp3) is 0.562. The Hall–Kier alpha value is -1.42. The number of nitrogens with one attached hydrogen (secondary N) is 1. The summed E-state index contributed by atoms with van der Waals surface area (Å²) in [6.45, 7) is 7.51. The van der Waals surface area contributed by atoms with Crippen molar-refractivity contribution in [2.75, 3.05) is 20.1 Å². The highest BCUT2D eigenvalue weighted by atomic mass is 19.1. The van der Waals surface area contributed by atoms with Gasteiger partial charge in [-0.05, 0) is 63.9 Å². The summed E-state index contributed by atoms with van der Waals surface area (Å²) >= 11 is 0. The number of likely N-dealkylation sites (tertiary alicyclic amines) is 1. The molecule has 1 aromatic rings. The van der Waals surface area contributed by atoms with Crippen LogP contribution in [0.2, 0.25) is 0 Å². The number of carbonyl (C=O) groups is 1. The highest BCUT2D eigenvalue weighted by Crippen LogP contribution is 2.22. The molecule has 20 heavy (non-hydrogen) atoms. The fourth-order valence-corrected chi connectivity index (χ4v) is 2.60. The lowest BCUT2D eigenvalue weighted by atomic mass is 9.89. The molecular weight excluding hydrogens is 255 g/mol. The van der Waals surface area contributed by atoms with Crippen LogP contribution in [0.15, 0.2) is 12.1 Å². The van der Waals surface area contributed by atoms with Crippen molar-refractivity contribution in [2.45, 2.75) is 39.2 Å². The number of aryl methyl sites for hydroxylation is 2. The Kier molecular flexibility index (Phi) is 4.14. The van der Waals surface area contributed by atoms with Crippen molar-refractivity contribution in [3.05, 3.63) is 34.6 Å². The molecule has 0 unspecified atom stereocenters. The van der Waals surface area contributed by atoms with Crippen LogP contribution in [0.25, 0.3) is 0 Å². The van der Waals surface area contributed by atoms with Gasteiger partial charge in [0.1, 0.15) is 5.82 Å². The summed E-state index contributed by atoms with van der Waals surface area (Å²) in [6, 6.07) is 3.07. The summed E-state index contributed by atoms with van der Waals surface area (Å²) in [5.74, 6) is -0.359. The number of piperidine rings is 1. The van der Waals surface area contributed by atoms with Crippen LogP contribution >= 0.6 is 0 Å². The monoisotopic (exact) mass is 278 g/mol. The molecule has 1 aliphatic heterocycles. The number of carbonyl (C=O) groups excluding carboxylic acids is 1. The number of hydrogen-bond acceptors (Lipinski definition) is 2. The highest BCUT2D eigenvalue weighted by molar-refractivity contribution is 5.96. The second-order valence-electron chi connectivity index (χ2n) is 6.23. The Morgan fingerprint density at radius 3 is 2.45 bits per heavy atom. The zero-order chi connectivity index (χ0) is 14.9. The molecule has 4 heteroatoms. The summed E-state index contributed by atoms with van der Waals surface area (Å²) in [4.78, 5) is 14.7. The van der Waals surface area contributed by atoms with E-state index in [9.17, 15) is 9.18 Å². The molecule has 0 aromatic heterocycles. The van der Waals surface area contributed by atoms with E-state index in [1.807, 2.05) is 0 Å². The van der Waals surface area contributed by atoms with E-state index >= 15 is 0 Å². The second kappa shape index (κ2) is 5.52. The van der Waals surface area contributed by atoms with Gasteiger partial charge in [0.2, 0.25) is 0 Å². The summed E-state index contributed by atoms with van der Waals surface area (Å²) in [5.41, 5.74) is 1.60. The first-order valence-electron chi connectivity index (χ1n) is 7.08. The summed E-state index contributed by atoms with van der Waals surface area (Å²) < 4.78 is 13.5. The van der Waals surface area contributed by atoms with E-state index in [-0.39, 0.29) is 17.3 Å². The first kappa shape index (κ1) is 15.0. The molecule has 1 saturated heterocycles. The third-order valence-electron chi connectivity index (χ3n) is 4.26. The van der Waals surface area contributed by atoms with Crippen LogP contribution in [0, 0.1) is 19.7 Å². The maximum Gasteiger partial charge on any atom is 0.251 e. The summed E-state index contributed by atoms with van der Waals surface area (Å²) in [7, 11) is 2.09. The molecule has 1 amide bonds. The minimum absolute atomic E-state index is 0.0994. The van der Waals surface area contributed by atoms with Gasteiger partial charge in [-0.25, -0.2) is 4.39 Å². The predicted octanol–water partition coefficient (Wildman–Crippen LogP) is 2.66. The molecule has 0 radical (unpaired) electrons. The SMILES string of the molecule is Cc1cc(C(=O)NC2(C)CCN(C)CC2)c(C)cc1F. The molecule has 110 valence electrons. The van der Waals surface area contributed by atoms with Gasteiger partial charge in [0.15, 0.2) is 0 Å². The Labute approximate surface area is 120 Å². The lowest BCUT2D eigenvalue weighted by molar-refractivity contribution is 0.0851. The molecule has 1 N–H and O–H groups in total. The molecule has 0 bridgehead atoms. The maximum absolute atomic E-state index is 13.5. The zero-order valence-electron chi connectivity index (χ0n) is 12.7. The number of hydrogen-bond donors (Lipinski definition) is 1. The minimum atomic E-state index is -0.260. The summed E-state index contributed by atoms with van der Waals surface area (Å²) in [5, 5.41) is 3.13. The number of benzene rings is 1. The molecule has 0 saturated carbocycles. The van der Waals surface area contributed by atoms with Crippen LogP contribution in [0.4, 0.5) is 4.39 Å². The first-order valence-corrected chi connectivity index (χ1v) is 7.08. The van der Waals surface area contributed by atoms with E-state index in [2.05, 4.69) is 24.2 Å². The number of nitrogens with zero attached hydrogens (tertiary/aromatic N) is 1. The molecule has 1 heterocycles. The van der Waals surface area contributed by atoms with E-state index in [0.29, 0.717) is 16.7 Å². The quantitative estimate of drug-likeness (QED) is 0.902. The summed E-state index contributed by atoms with van der Waals surface area (Å²) in [6.07, 6.45) is 1.88. The lowest BCUT2D eigenvalue weighted by Gasteiger charge is -2.38. The number of rotatable bonds is 2. The third kappa shape index (κ3) is 3.18. The normalized spacial score (nSPS) is 18.9. The Bertz CT molecular complexity index is 519. The minimum Gasteiger partial charge on any atom is -0.347 e. The molecule has 0 atom stereocenters. The van der Waals surface area contributed by atoms with Crippen molar-refractivity contribution in [3.8, 4) is 0 Å². The van der Waals surface area contributed by atoms with Gasteiger partial charge in [0, 0.05) is 24.2 Å². The molecular formula is C16H23FN2O. The van der Waals surface area contributed by atoms with Crippen LogP contribution < -0.4 is 5.32 Å². The second-order valence-corrected chi connectivity index (χ2v) is 6.23. The van der Waals surface area contributed by atoms with Gasteiger partial charge in [0.05, 0.1) is 0 Å². The van der Waals surface area contributed by atoms with Gasteiger partial charge in [-0.2, -0.15) is 0 Å². The molecule has 1 aliphatic rings. The molecule has 1 fully saturated rings. The molecule has 0 spiro atoms. The van der Waals surface area contributed by atoms with Crippen molar-refractivity contribution in [3.63, 3.8) is 0 Å². The average Bonchev–Trinajstić information content (AvgIpc) is 2.37. The van der Waals surface area contributed by atoms with Crippen LogP contribution in [0.5, 0.6) is 0 Å². The van der Waals surface area contributed by atoms with E-state index in [0.717, 1.165) is 25.9 Å². The zero-order valence-corrected chi connectivity index (χ0v) is 12.7. The highest BCUT2D eigenvalue weighted by Gasteiger charge is 2.31. The van der Waals surface area contributed by atoms with Gasteiger partial charge < -0.3 is 10.2 Å². The molecule has 0 aliphatic carbocycles. The van der Waals surface area contributed by atoms with Gasteiger partial charge >= 0.3 is 0 Å². The van der Waals surface area contributed by atoms with E-state index < -0.39 is 0 Å². The average molecular weight is 278 g/mol. The van der Waals surface area contributed by atoms with E-state index in [1.165, 1.54) is 6.07 Å². The van der Waals surface area contributed by atoms with Gasteiger partial charge in [0.25, 0.3) is 5.91 Å². The maximum atomic E-state index is 13.5. The van der Waals surface area contributed by atoms with Crippen LogP contribution in [0.1, 0.15) is 41.3 Å². The van der Waals surface area contributed by atoms with E-state index in [4.69, 9.17) is 0 Å². The topological polar surface area (TPSA) is 32.3 Å². The van der Waals surface area contributed by atoms with Crippen LogP contribution in [-0.2, 0) is 0 Å². The lowest BCUT2D eigenvalue weighted by Crippen LogP contribution is -2.52. The fourth-order valence-electron chi connectivity index (χ4n) is 2.60. The largest absolute Gasteiger partial charge is 0.347 e. The Morgan fingerprint density at radius 2 is 1.85 bits per heavy atom. The third-order valence-corrected chi connectivity index (χ3v) is 4.26. The Balaban J connectivity index is 2.14. The molecule has 2 rings (SSSR count). The van der Waals surface area contributed by atoms with Gasteiger partial charge in [-0.15, -0.1) is 0 Å².